The molecular weight excluding hydrogens is 586 g/mol. The average Bonchev–Trinajstić information content (AvgIpc) is 3.59. The van der Waals surface area contributed by atoms with Crippen molar-refractivity contribution in [2.75, 3.05) is 24.6 Å². The number of anilines is 1. The summed E-state index contributed by atoms with van der Waals surface area (Å²) in [5, 5.41) is 6.44. The first-order valence-corrected chi connectivity index (χ1v) is 15.3. The van der Waals surface area contributed by atoms with Crippen LogP contribution in [-0.2, 0) is 32.8 Å². The molecule has 0 radical (unpaired) electrons. The summed E-state index contributed by atoms with van der Waals surface area (Å²) < 4.78 is 2.66. The van der Waals surface area contributed by atoms with Gasteiger partial charge in [-0.3, -0.25) is 24.3 Å². The number of carbonyl (C=O) groups is 2. The highest BCUT2D eigenvalue weighted by Gasteiger charge is 2.30. The van der Waals surface area contributed by atoms with Crippen LogP contribution >= 0.6 is 22.9 Å². The lowest BCUT2D eigenvalue weighted by molar-refractivity contribution is -0.272. The van der Waals surface area contributed by atoms with E-state index >= 15 is 0 Å². The van der Waals surface area contributed by atoms with E-state index in [0.29, 0.717) is 35.6 Å². The monoisotopic (exact) mass is 615 g/mol. The molecule has 0 saturated carbocycles. The van der Waals surface area contributed by atoms with Crippen molar-refractivity contribution in [3.63, 3.8) is 0 Å². The summed E-state index contributed by atoms with van der Waals surface area (Å²) in [4.78, 5) is 48.0. The fourth-order valence-electron chi connectivity index (χ4n) is 5.24. The molecule has 3 aromatic carbocycles. The van der Waals surface area contributed by atoms with Gasteiger partial charge in [-0.25, -0.2) is 9.78 Å². The van der Waals surface area contributed by atoms with Crippen molar-refractivity contribution in [3.05, 3.63) is 76.4 Å². The molecule has 0 N–H and O–H groups in total. The molecular formula is C32H30ClN5O4S. The van der Waals surface area contributed by atoms with Gasteiger partial charge < -0.3 is 0 Å². The van der Waals surface area contributed by atoms with Crippen molar-refractivity contribution in [1.82, 2.24) is 14.8 Å². The Morgan fingerprint density at radius 2 is 1.91 bits per heavy atom. The fourth-order valence-corrected chi connectivity index (χ4v) is 6.53. The number of benzene rings is 3. The number of aryl methyl sites for hydroxylation is 2. The molecule has 9 nitrogen and oxygen atoms in total. The molecule has 1 amide bonds. The van der Waals surface area contributed by atoms with Gasteiger partial charge >= 0.3 is 5.97 Å². The van der Waals surface area contributed by atoms with Crippen LogP contribution in [0.3, 0.4) is 0 Å². The Labute approximate surface area is 257 Å². The third kappa shape index (κ3) is 5.78. The van der Waals surface area contributed by atoms with Crippen molar-refractivity contribution in [2.24, 2.45) is 12.0 Å². The zero-order valence-electron chi connectivity index (χ0n) is 24.1. The largest absolute Gasteiger partial charge is 0.346 e. The van der Waals surface area contributed by atoms with Crippen LogP contribution < -0.4 is 4.90 Å². The van der Waals surface area contributed by atoms with E-state index in [9.17, 15) is 9.59 Å². The molecule has 0 spiro atoms. The van der Waals surface area contributed by atoms with Gasteiger partial charge in [0.15, 0.2) is 5.13 Å². The number of thiazole rings is 1. The number of fused-ring (bicyclic) bond motifs is 2. The molecule has 6 rings (SSSR count). The molecule has 1 aliphatic heterocycles. The molecule has 0 fully saturated rings. The number of unbranched alkanes of at least 4 members (excludes halogenated alkanes) is 1. The fraction of sp³-hybridized carbons (Fsp3) is 0.281. The lowest BCUT2D eigenvalue weighted by atomic mass is 9.93. The number of nitrogens with zero attached hydrogens (tertiary/aromatic N) is 5. The molecule has 1 aliphatic rings. The summed E-state index contributed by atoms with van der Waals surface area (Å²) in [5.74, 6) is -0.678. The lowest BCUT2D eigenvalue weighted by Gasteiger charge is -2.24. The van der Waals surface area contributed by atoms with E-state index in [1.165, 1.54) is 11.3 Å². The number of halogens is 1. The van der Waals surface area contributed by atoms with Crippen molar-refractivity contribution >= 4 is 66.8 Å². The van der Waals surface area contributed by atoms with Crippen molar-refractivity contribution in [3.8, 4) is 11.1 Å². The van der Waals surface area contributed by atoms with Gasteiger partial charge in [-0.1, -0.05) is 54.5 Å². The maximum absolute atomic E-state index is 13.8. The van der Waals surface area contributed by atoms with Crippen LogP contribution in [0.4, 0.5) is 5.13 Å². The van der Waals surface area contributed by atoms with Gasteiger partial charge in [0.25, 0.3) is 5.91 Å². The van der Waals surface area contributed by atoms with Crippen LogP contribution in [0.2, 0.25) is 5.02 Å². The summed E-state index contributed by atoms with van der Waals surface area (Å²) in [6.45, 7) is 5.22. The molecule has 11 heteroatoms. The maximum Gasteiger partial charge on any atom is 0.346 e. The quantitative estimate of drug-likeness (QED) is 0.107. The first-order valence-electron chi connectivity index (χ1n) is 14.1. The minimum absolute atomic E-state index is 0.0232. The van der Waals surface area contributed by atoms with Crippen LogP contribution in [0.1, 0.15) is 36.5 Å². The highest BCUT2D eigenvalue weighted by Crippen LogP contribution is 2.41. The van der Waals surface area contributed by atoms with Crippen LogP contribution in [0.5, 0.6) is 0 Å². The van der Waals surface area contributed by atoms with Crippen molar-refractivity contribution in [1.29, 1.82) is 0 Å². The summed E-state index contributed by atoms with van der Waals surface area (Å²) in [5.41, 5.74) is 6.32. The second-order valence-corrected chi connectivity index (χ2v) is 11.8. The molecule has 0 aliphatic carbocycles. The molecule has 0 saturated heterocycles. The van der Waals surface area contributed by atoms with E-state index in [2.05, 4.69) is 10.1 Å². The van der Waals surface area contributed by atoms with Crippen LogP contribution in [0, 0.1) is 6.92 Å². The topological polar surface area (TPSA) is 98.9 Å². The van der Waals surface area contributed by atoms with Gasteiger partial charge in [-0.2, -0.15) is 9.99 Å². The number of carbonyl (C=O) groups excluding carboxylic acids is 2. The van der Waals surface area contributed by atoms with Gasteiger partial charge in [0, 0.05) is 35.1 Å². The Kier molecular flexibility index (Phi) is 8.25. The van der Waals surface area contributed by atoms with Gasteiger partial charge in [-0.05, 0) is 60.4 Å². The van der Waals surface area contributed by atoms with E-state index in [4.69, 9.17) is 26.4 Å². The Hall–Kier alpha value is -4.12. The second kappa shape index (κ2) is 12.2. The molecule has 43 heavy (non-hydrogen) atoms. The zero-order chi connectivity index (χ0) is 30.1. The third-order valence-electron chi connectivity index (χ3n) is 7.48. The van der Waals surface area contributed by atoms with Crippen LogP contribution in [0.25, 0.3) is 32.2 Å². The molecule has 220 valence electrons. The van der Waals surface area contributed by atoms with Crippen molar-refractivity contribution in [2.45, 2.75) is 33.1 Å². The predicted molar refractivity (Wildman–Crippen MR) is 170 cm³/mol. The van der Waals surface area contributed by atoms with Gasteiger partial charge in [0.1, 0.15) is 5.71 Å². The zero-order valence-corrected chi connectivity index (χ0v) is 25.7. The number of amides is 1. The minimum Gasteiger partial charge on any atom is -0.298 e. The normalized spacial score (nSPS) is 13.6. The van der Waals surface area contributed by atoms with Crippen molar-refractivity contribution < 1.29 is 19.4 Å². The van der Waals surface area contributed by atoms with E-state index < -0.39 is 5.97 Å². The number of rotatable bonds is 9. The molecule has 0 atom stereocenters. The maximum atomic E-state index is 13.8. The Morgan fingerprint density at radius 1 is 1.12 bits per heavy atom. The van der Waals surface area contributed by atoms with E-state index in [1.807, 2.05) is 69.4 Å². The second-order valence-electron chi connectivity index (χ2n) is 10.4. The van der Waals surface area contributed by atoms with Gasteiger partial charge in [-0.15, -0.1) is 0 Å². The Morgan fingerprint density at radius 3 is 2.70 bits per heavy atom. The van der Waals surface area contributed by atoms with Crippen LogP contribution in [0.15, 0.2) is 59.7 Å². The third-order valence-corrected chi connectivity index (χ3v) is 8.84. The molecule has 0 bridgehead atoms. The summed E-state index contributed by atoms with van der Waals surface area (Å²) >= 11 is 7.63. The molecule has 5 aromatic rings. The standard InChI is InChI=1S/C32H30ClN5O4S/c1-4-5-14-41-42-27(39)17-24-19(2)15-25-30(28(24)20-6-9-23(33)10-7-20)43-32(36-25)38-13-12-34-29(31(38)40)21-8-11-26-22(16-21)18-35-37(26)3/h6-11,15-16,18H,4-5,12-14,17H2,1-3H3. The van der Waals surface area contributed by atoms with E-state index in [-0.39, 0.29) is 12.3 Å². The summed E-state index contributed by atoms with van der Waals surface area (Å²) in [6, 6.07) is 15.2. The Balaban J connectivity index is 1.37. The predicted octanol–water partition coefficient (Wildman–Crippen LogP) is 6.47. The summed E-state index contributed by atoms with van der Waals surface area (Å²) in [6.07, 6.45) is 3.55. The van der Waals surface area contributed by atoms with E-state index in [1.54, 1.807) is 15.8 Å². The first-order chi connectivity index (χ1) is 20.8. The van der Waals surface area contributed by atoms with Gasteiger partial charge in [0.05, 0.1) is 41.5 Å². The van der Waals surface area contributed by atoms with Crippen LogP contribution in [-0.4, -0.2) is 52.0 Å². The molecule has 3 heterocycles. The molecule has 2 aromatic heterocycles. The highest BCUT2D eigenvalue weighted by atomic mass is 35.5. The number of hydrogen-bond donors (Lipinski definition) is 0. The highest BCUT2D eigenvalue weighted by molar-refractivity contribution is 7.23. The molecule has 0 unspecified atom stereocenters. The number of hydrogen-bond acceptors (Lipinski definition) is 8. The first kappa shape index (κ1) is 29.0. The Bertz CT molecular complexity index is 1880. The number of aromatic nitrogens is 3. The summed E-state index contributed by atoms with van der Waals surface area (Å²) in [7, 11) is 1.88. The van der Waals surface area contributed by atoms with E-state index in [0.717, 1.165) is 61.8 Å². The average molecular weight is 616 g/mol. The number of aliphatic imine (C=N–C) groups is 1. The lowest BCUT2D eigenvalue weighted by Crippen LogP contribution is -2.42. The van der Waals surface area contributed by atoms with Gasteiger partial charge in [0.2, 0.25) is 0 Å². The SMILES string of the molecule is CCCCOOC(=O)Cc1c(C)cc2nc(N3CCN=C(c4ccc5c(cnn5C)c4)C3=O)sc2c1-c1ccc(Cl)cc1. The minimum atomic E-state index is -0.476. The smallest absolute Gasteiger partial charge is 0.298 e.